The van der Waals surface area contributed by atoms with Gasteiger partial charge in [-0.2, -0.15) is 0 Å². The first kappa shape index (κ1) is 14.9. The normalized spacial score (nSPS) is 10.3. The van der Waals surface area contributed by atoms with Crippen LogP contribution in [0, 0.1) is 0 Å². The van der Waals surface area contributed by atoms with Crippen LogP contribution in [0.4, 0.5) is 5.13 Å². The number of amidine groups is 1. The van der Waals surface area contributed by atoms with Crippen LogP contribution in [0.3, 0.4) is 0 Å². The minimum Gasteiger partial charge on any atom is -0.375 e. The average molecular weight is 256 g/mol. The molecule has 88 valence electrons. The highest BCUT2D eigenvalue weighted by Crippen LogP contribution is 2.19. The number of thiazole rings is 1. The lowest BCUT2D eigenvalue weighted by molar-refractivity contribution is 1.33. The van der Waals surface area contributed by atoms with Gasteiger partial charge in [-0.1, -0.05) is 32.2 Å². The molecule has 0 atom stereocenters. The number of hydrogen-bond donors (Lipinski definition) is 1. The lowest BCUT2D eigenvalue weighted by atomic mass is 10.4. The van der Waals surface area contributed by atoms with Gasteiger partial charge >= 0.3 is 0 Å². The minimum absolute atomic E-state index is 0.508. The molecule has 4 nitrogen and oxygen atoms in total. The third-order valence-electron chi connectivity index (χ3n) is 1.37. The number of thioether (sulfide) groups is 1. The molecule has 16 heavy (non-hydrogen) atoms. The molecule has 0 aliphatic heterocycles. The molecular formula is C10H16N4S2. The Bertz CT molecular complexity index is 382. The summed E-state index contributed by atoms with van der Waals surface area (Å²) in [5, 5.41) is 2.89. The van der Waals surface area contributed by atoms with E-state index in [1.807, 2.05) is 25.5 Å². The molecule has 0 aromatic carbocycles. The van der Waals surface area contributed by atoms with E-state index in [2.05, 4.69) is 28.3 Å². The zero-order valence-electron chi connectivity index (χ0n) is 9.73. The van der Waals surface area contributed by atoms with Crippen LogP contribution in [0.5, 0.6) is 0 Å². The van der Waals surface area contributed by atoms with E-state index in [-0.39, 0.29) is 0 Å². The number of nitrogens with zero attached hydrogens (tertiary/aromatic N) is 3. The number of hydrogen-bond acceptors (Lipinski definition) is 5. The van der Waals surface area contributed by atoms with Crippen molar-refractivity contribution in [1.82, 2.24) is 4.98 Å². The molecule has 0 radical (unpaired) electrons. The summed E-state index contributed by atoms with van der Waals surface area (Å²) >= 11 is 2.76. The molecule has 1 rings (SSSR count). The van der Waals surface area contributed by atoms with Crippen LogP contribution < -0.4 is 5.73 Å². The Labute approximate surface area is 104 Å². The molecule has 0 saturated heterocycles. The monoisotopic (exact) mass is 256 g/mol. The second-order valence-corrected chi connectivity index (χ2v) is 3.94. The Morgan fingerprint density at radius 1 is 1.56 bits per heavy atom. The topological polar surface area (TPSA) is 63.6 Å². The summed E-state index contributed by atoms with van der Waals surface area (Å²) in [6, 6.07) is 0. The lowest BCUT2D eigenvalue weighted by Gasteiger charge is -1.96. The molecule has 1 aromatic rings. The fourth-order valence-corrected chi connectivity index (χ4v) is 1.64. The van der Waals surface area contributed by atoms with Crippen molar-refractivity contribution < 1.29 is 0 Å². The Morgan fingerprint density at radius 3 is 2.56 bits per heavy atom. The van der Waals surface area contributed by atoms with Crippen molar-refractivity contribution >= 4 is 45.8 Å². The molecular weight excluding hydrogens is 240 g/mol. The molecule has 1 aromatic heterocycles. The van der Waals surface area contributed by atoms with Crippen molar-refractivity contribution in [2.45, 2.75) is 13.8 Å². The van der Waals surface area contributed by atoms with Crippen LogP contribution in [0.25, 0.3) is 5.70 Å². The van der Waals surface area contributed by atoms with Crippen molar-refractivity contribution in [2.24, 2.45) is 9.98 Å². The summed E-state index contributed by atoms with van der Waals surface area (Å²) in [4.78, 5) is 11.9. The fourth-order valence-electron chi connectivity index (χ4n) is 0.738. The van der Waals surface area contributed by atoms with Gasteiger partial charge in [0.2, 0.25) is 0 Å². The van der Waals surface area contributed by atoms with Gasteiger partial charge in [-0.25, -0.2) is 15.0 Å². The zero-order valence-corrected chi connectivity index (χ0v) is 11.4. The molecule has 6 heteroatoms. The average Bonchev–Trinajstić information content (AvgIpc) is 2.75. The number of anilines is 1. The number of nitrogen functional groups attached to an aromatic ring is 1. The van der Waals surface area contributed by atoms with Crippen LogP contribution in [0.15, 0.2) is 21.9 Å². The van der Waals surface area contributed by atoms with Crippen LogP contribution >= 0.6 is 23.1 Å². The summed E-state index contributed by atoms with van der Waals surface area (Å²) in [7, 11) is 0. The highest BCUT2D eigenvalue weighted by atomic mass is 32.2. The summed E-state index contributed by atoms with van der Waals surface area (Å²) in [5.74, 6) is 0. The molecule has 0 unspecified atom stereocenters. The number of rotatable bonds is 2. The van der Waals surface area contributed by atoms with E-state index >= 15 is 0 Å². The van der Waals surface area contributed by atoms with Gasteiger partial charge in [0.1, 0.15) is 5.69 Å². The Morgan fingerprint density at radius 2 is 2.19 bits per heavy atom. The molecule has 0 amide bonds. The van der Waals surface area contributed by atoms with E-state index in [4.69, 9.17) is 5.73 Å². The predicted octanol–water partition coefficient (Wildman–Crippen LogP) is 3.14. The Hall–Kier alpha value is -1.14. The van der Waals surface area contributed by atoms with Gasteiger partial charge in [-0.05, 0) is 13.0 Å². The Kier molecular flexibility index (Phi) is 7.49. The summed E-state index contributed by atoms with van der Waals surface area (Å²) in [5.41, 5.74) is 6.72. The van der Waals surface area contributed by atoms with Crippen LogP contribution in [0.1, 0.15) is 19.5 Å². The number of aromatic nitrogens is 1. The van der Waals surface area contributed by atoms with Crippen molar-refractivity contribution in [2.75, 3.05) is 12.0 Å². The molecule has 0 spiro atoms. The fraction of sp³-hybridized carbons (Fsp3) is 0.300. The Balaban J connectivity index is 0.00000106. The smallest absolute Gasteiger partial charge is 0.187 e. The second kappa shape index (κ2) is 8.06. The standard InChI is InChI=1S/C8H10N4S2.C2H6/c1-5(11-8(10-2)13-3)6-4-14-7(9)12-6;1-2/h4H,1-2H2,3H3,(H2,9,12);1-2H3. The molecule has 0 bridgehead atoms. The van der Waals surface area contributed by atoms with Gasteiger partial charge in [-0.3, -0.25) is 0 Å². The van der Waals surface area contributed by atoms with E-state index in [9.17, 15) is 0 Å². The predicted molar refractivity (Wildman–Crippen MR) is 77.4 cm³/mol. The van der Waals surface area contributed by atoms with Gasteiger partial charge < -0.3 is 5.73 Å². The highest BCUT2D eigenvalue weighted by Gasteiger charge is 2.03. The molecule has 0 saturated carbocycles. The first-order valence-corrected chi connectivity index (χ1v) is 6.77. The minimum atomic E-state index is 0.508. The van der Waals surface area contributed by atoms with E-state index in [0.717, 1.165) is 0 Å². The second-order valence-electron chi connectivity index (χ2n) is 2.27. The van der Waals surface area contributed by atoms with Gasteiger partial charge in [0.25, 0.3) is 0 Å². The summed E-state index contributed by atoms with van der Waals surface area (Å²) < 4.78 is 0. The third-order valence-corrected chi connectivity index (χ3v) is 2.63. The number of nitrogens with two attached hydrogens (primary N) is 1. The summed E-state index contributed by atoms with van der Waals surface area (Å²) in [6.45, 7) is 11.2. The maximum Gasteiger partial charge on any atom is 0.187 e. The van der Waals surface area contributed by atoms with Gasteiger partial charge in [0, 0.05) is 5.38 Å². The molecule has 2 N–H and O–H groups in total. The largest absolute Gasteiger partial charge is 0.375 e. The van der Waals surface area contributed by atoms with Gasteiger partial charge in [0.05, 0.1) is 5.70 Å². The molecule has 0 aliphatic rings. The van der Waals surface area contributed by atoms with Gasteiger partial charge in [-0.15, -0.1) is 11.3 Å². The van der Waals surface area contributed by atoms with Gasteiger partial charge in [0.15, 0.2) is 10.3 Å². The first-order valence-electron chi connectivity index (χ1n) is 4.67. The molecule has 0 aliphatic carbocycles. The lowest BCUT2D eigenvalue weighted by Crippen LogP contribution is -1.88. The zero-order chi connectivity index (χ0) is 12.6. The maximum atomic E-state index is 5.49. The van der Waals surface area contributed by atoms with Crippen LogP contribution in [-0.2, 0) is 0 Å². The maximum absolute atomic E-state index is 5.49. The van der Waals surface area contributed by atoms with Crippen molar-refractivity contribution in [3.8, 4) is 0 Å². The van der Waals surface area contributed by atoms with Crippen molar-refractivity contribution in [3.05, 3.63) is 17.7 Å². The quantitative estimate of drug-likeness (QED) is 0.653. The van der Waals surface area contributed by atoms with E-state index in [1.165, 1.54) is 23.1 Å². The first-order chi connectivity index (χ1) is 7.67. The third kappa shape index (κ3) is 4.59. The van der Waals surface area contributed by atoms with Crippen LogP contribution in [0.2, 0.25) is 0 Å². The SMILES string of the molecule is C=NC(=NC(=C)c1csc(N)n1)SC.CC. The van der Waals surface area contributed by atoms with E-state index < -0.39 is 0 Å². The highest BCUT2D eigenvalue weighted by molar-refractivity contribution is 8.13. The molecule has 1 heterocycles. The van der Waals surface area contributed by atoms with Crippen LogP contribution in [-0.4, -0.2) is 23.1 Å². The van der Waals surface area contributed by atoms with E-state index in [0.29, 0.717) is 21.7 Å². The summed E-state index contributed by atoms with van der Waals surface area (Å²) in [6.07, 6.45) is 1.87. The molecule has 0 fully saturated rings. The van der Waals surface area contributed by atoms with Crippen molar-refractivity contribution in [3.63, 3.8) is 0 Å². The number of aliphatic imine (C=N–C) groups is 2. The van der Waals surface area contributed by atoms with E-state index in [1.54, 1.807) is 0 Å². The van der Waals surface area contributed by atoms with Crippen molar-refractivity contribution in [1.29, 1.82) is 0 Å².